The van der Waals surface area contributed by atoms with Crippen LogP contribution in [0.2, 0.25) is 0 Å². The first-order valence-corrected chi connectivity index (χ1v) is 6.93. The first-order valence-electron chi connectivity index (χ1n) is 6.93. The second-order valence-electron chi connectivity index (χ2n) is 5.92. The van der Waals surface area contributed by atoms with Crippen molar-refractivity contribution in [1.82, 2.24) is 0 Å². The van der Waals surface area contributed by atoms with Crippen molar-refractivity contribution in [2.45, 2.75) is 52.7 Å². The minimum absolute atomic E-state index is 0.0617. The van der Waals surface area contributed by atoms with Gasteiger partial charge in [0, 0.05) is 31.5 Å². The summed E-state index contributed by atoms with van der Waals surface area (Å²) in [4.78, 5) is 11.1. The first-order chi connectivity index (χ1) is 9.23. The molecule has 4 heteroatoms. The van der Waals surface area contributed by atoms with Crippen LogP contribution in [0.3, 0.4) is 0 Å². The average molecular weight is 278 g/mol. The van der Waals surface area contributed by atoms with Crippen molar-refractivity contribution in [3.8, 4) is 0 Å². The predicted molar refractivity (Wildman–Crippen MR) is 84.3 cm³/mol. The molecule has 1 aromatic carbocycles. The molecule has 0 saturated heterocycles. The van der Waals surface area contributed by atoms with Crippen LogP contribution in [-0.2, 0) is 9.53 Å². The topological polar surface area (TPSA) is 50.4 Å². The zero-order valence-corrected chi connectivity index (χ0v) is 13.3. The monoisotopic (exact) mass is 278 g/mol. The summed E-state index contributed by atoms with van der Waals surface area (Å²) in [5, 5.41) is 6.28. The lowest BCUT2D eigenvalue weighted by Gasteiger charge is -2.28. The molecule has 1 amide bonds. The number of ether oxygens (including phenoxy) is 1. The quantitative estimate of drug-likeness (QED) is 0.836. The molecular weight excluding hydrogens is 252 g/mol. The lowest BCUT2D eigenvalue weighted by atomic mass is 9.99. The fourth-order valence-electron chi connectivity index (χ4n) is 2.20. The minimum Gasteiger partial charge on any atom is -0.382 e. The summed E-state index contributed by atoms with van der Waals surface area (Å²) >= 11 is 0. The summed E-state index contributed by atoms with van der Waals surface area (Å²) in [5.74, 6) is -0.0617. The van der Waals surface area contributed by atoms with E-state index in [1.54, 1.807) is 7.11 Å². The maximum absolute atomic E-state index is 11.1. The van der Waals surface area contributed by atoms with Gasteiger partial charge in [-0.3, -0.25) is 4.79 Å². The molecule has 1 atom stereocenters. The minimum atomic E-state index is -0.157. The number of hydrogen-bond donors (Lipinski definition) is 2. The second-order valence-corrected chi connectivity index (χ2v) is 5.92. The largest absolute Gasteiger partial charge is 0.382 e. The Hall–Kier alpha value is -1.55. The van der Waals surface area contributed by atoms with Gasteiger partial charge in [-0.15, -0.1) is 0 Å². The highest BCUT2D eigenvalue weighted by molar-refractivity contribution is 5.89. The summed E-state index contributed by atoms with van der Waals surface area (Å²) in [7, 11) is 1.73. The molecule has 2 N–H and O–H groups in total. The number of hydrogen-bond acceptors (Lipinski definition) is 3. The van der Waals surface area contributed by atoms with Gasteiger partial charge in [0.05, 0.1) is 5.60 Å². The Morgan fingerprint density at radius 1 is 1.40 bits per heavy atom. The SMILES string of the molecule is COC(C)(C)CC(C)Nc1cc(NC(C)=O)ccc1C. The Morgan fingerprint density at radius 2 is 2.05 bits per heavy atom. The standard InChI is InChI=1S/C16H26N2O2/c1-11-7-8-14(18-13(3)19)9-15(11)17-12(2)10-16(4,5)20-6/h7-9,12,17H,10H2,1-6H3,(H,18,19). The van der Waals surface area contributed by atoms with Crippen molar-refractivity contribution in [2.24, 2.45) is 0 Å². The van der Waals surface area contributed by atoms with Crippen LogP contribution >= 0.6 is 0 Å². The van der Waals surface area contributed by atoms with Gasteiger partial charge in [0.25, 0.3) is 0 Å². The average Bonchev–Trinajstić information content (AvgIpc) is 2.32. The van der Waals surface area contributed by atoms with Crippen LogP contribution in [0.4, 0.5) is 11.4 Å². The molecule has 1 aromatic rings. The third-order valence-corrected chi connectivity index (χ3v) is 3.31. The molecule has 1 rings (SSSR count). The van der Waals surface area contributed by atoms with Crippen LogP contribution < -0.4 is 10.6 Å². The fraction of sp³-hybridized carbons (Fsp3) is 0.562. The van der Waals surface area contributed by atoms with Gasteiger partial charge >= 0.3 is 0 Å². The summed E-state index contributed by atoms with van der Waals surface area (Å²) in [6.45, 7) is 9.84. The highest BCUT2D eigenvalue weighted by Crippen LogP contribution is 2.24. The Bertz CT molecular complexity index is 470. The van der Waals surface area contributed by atoms with Crippen molar-refractivity contribution in [3.05, 3.63) is 23.8 Å². The van der Waals surface area contributed by atoms with Gasteiger partial charge in [0.15, 0.2) is 0 Å². The van der Waals surface area contributed by atoms with E-state index in [9.17, 15) is 4.79 Å². The molecule has 0 aliphatic heterocycles. The molecule has 0 aliphatic rings. The number of carbonyl (C=O) groups excluding carboxylic acids is 1. The van der Waals surface area contributed by atoms with E-state index < -0.39 is 0 Å². The van der Waals surface area contributed by atoms with E-state index in [-0.39, 0.29) is 17.6 Å². The smallest absolute Gasteiger partial charge is 0.221 e. The Labute approximate surface area is 121 Å². The molecule has 0 heterocycles. The van der Waals surface area contributed by atoms with Crippen molar-refractivity contribution in [1.29, 1.82) is 0 Å². The highest BCUT2D eigenvalue weighted by Gasteiger charge is 2.20. The van der Waals surface area contributed by atoms with Gasteiger partial charge in [-0.2, -0.15) is 0 Å². The van der Waals surface area contributed by atoms with Crippen molar-refractivity contribution in [2.75, 3.05) is 17.7 Å². The van der Waals surface area contributed by atoms with Gasteiger partial charge in [0.1, 0.15) is 0 Å². The molecule has 112 valence electrons. The van der Waals surface area contributed by atoms with E-state index in [1.807, 2.05) is 25.1 Å². The first kappa shape index (κ1) is 16.5. The molecular formula is C16H26N2O2. The van der Waals surface area contributed by atoms with E-state index in [0.717, 1.165) is 23.4 Å². The summed E-state index contributed by atoms with van der Waals surface area (Å²) in [5.41, 5.74) is 2.84. The molecule has 0 aliphatic carbocycles. The second kappa shape index (κ2) is 6.75. The number of carbonyl (C=O) groups is 1. The van der Waals surface area contributed by atoms with Gasteiger partial charge in [0.2, 0.25) is 5.91 Å². The Balaban J connectivity index is 2.78. The van der Waals surface area contributed by atoms with Crippen LogP contribution in [0.15, 0.2) is 18.2 Å². The van der Waals surface area contributed by atoms with E-state index in [2.05, 4.69) is 31.4 Å². The third-order valence-electron chi connectivity index (χ3n) is 3.31. The normalized spacial score (nSPS) is 12.9. The van der Waals surface area contributed by atoms with Crippen LogP contribution in [0.25, 0.3) is 0 Å². The number of methoxy groups -OCH3 is 1. The Kier molecular flexibility index (Phi) is 5.57. The molecule has 0 fully saturated rings. The van der Waals surface area contributed by atoms with Crippen molar-refractivity contribution in [3.63, 3.8) is 0 Å². The number of amides is 1. The highest BCUT2D eigenvalue weighted by atomic mass is 16.5. The van der Waals surface area contributed by atoms with Crippen LogP contribution in [0.1, 0.15) is 39.7 Å². The lowest BCUT2D eigenvalue weighted by molar-refractivity contribution is -0.114. The number of benzene rings is 1. The van der Waals surface area contributed by atoms with Gasteiger partial charge in [-0.1, -0.05) is 6.07 Å². The summed E-state index contributed by atoms with van der Waals surface area (Å²) in [6, 6.07) is 6.15. The number of nitrogens with one attached hydrogen (secondary N) is 2. The fourth-order valence-corrected chi connectivity index (χ4v) is 2.20. The molecule has 20 heavy (non-hydrogen) atoms. The third kappa shape index (κ3) is 5.21. The Morgan fingerprint density at radius 3 is 2.60 bits per heavy atom. The van der Waals surface area contributed by atoms with Crippen LogP contribution in [0, 0.1) is 6.92 Å². The summed E-state index contributed by atoms with van der Waals surface area (Å²) < 4.78 is 5.46. The molecule has 1 unspecified atom stereocenters. The van der Waals surface area contributed by atoms with Gasteiger partial charge in [-0.25, -0.2) is 0 Å². The maximum Gasteiger partial charge on any atom is 0.221 e. The maximum atomic E-state index is 11.1. The number of anilines is 2. The van der Waals surface area contributed by atoms with E-state index in [0.29, 0.717) is 0 Å². The molecule has 0 radical (unpaired) electrons. The molecule has 4 nitrogen and oxygen atoms in total. The van der Waals surface area contributed by atoms with E-state index in [1.165, 1.54) is 6.92 Å². The number of aryl methyl sites for hydroxylation is 1. The van der Waals surface area contributed by atoms with Crippen LogP contribution in [0.5, 0.6) is 0 Å². The van der Waals surface area contributed by atoms with Crippen LogP contribution in [-0.4, -0.2) is 24.7 Å². The molecule has 0 aromatic heterocycles. The lowest BCUT2D eigenvalue weighted by Crippen LogP contribution is -2.31. The predicted octanol–water partition coefficient (Wildman–Crippen LogP) is 3.57. The zero-order valence-electron chi connectivity index (χ0n) is 13.3. The molecule has 0 saturated carbocycles. The zero-order chi connectivity index (χ0) is 15.3. The molecule has 0 bridgehead atoms. The van der Waals surface area contributed by atoms with Gasteiger partial charge in [-0.05, 0) is 51.8 Å². The molecule has 0 spiro atoms. The van der Waals surface area contributed by atoms with E-state index in [4.69, 9.17) is 4.74 Å². The van der Waals surface area contributed by atoms with Crippen molar-refractivity contribution < 1.29 is 9.53 Å². The van der Waals surface area contributed by atoms with Gasteiger partial charge < -0.3 is 15.4 Å². The van der Waals surface area contributed by atoms with Crippen molar-refractivity contribution >= 4 is 17.3 Å². The number of rotatable bonds is 6. The van der Waals surface area contributed by atoms with E-state index >= 15 is 0 Å². The summed E-state index contributed by atoms with van der Waals surface area (Å²) in [6.07, 6.45) is 0.896.